The standard InChI is InChI=1S/C8H9FO2S/c1-6-3-4-7(9)5-8(6)12(10)11-2/h3-5H,1-2H3. The molecule has 1 unspecified atom stereocenters. The van der Waals surface area contributed by atoms with Crippen molar-refractivity contribution in [2.24, 2.45) is 0 Å². The van der Waals surface area contributed by atoms with Gasteiger partial charge in [-0.2, -0.15) is 0 Å². The van der Waals surface area contributed by atoms with Crippen LogP contribution in [0, 0.1) is 12.7 Å². The molecule has 0 aliphatic rings. The van der Waals surface area contributed by atoms with Crippen LogP contribution in [0.3, 0.4) is 0 Å². The van der Waals surface area contributed by atoms with E-state index in [1.165, 1.54) is 19.2 Å². The van der Waals surface area contributed by atoms with Crippen LogP contribution >= 0.6 is 0 Å². The van der Waals surface area contributed by atoms with E-state index in [9.17, 15) is 8.60 Å². The summed E-state index contributed by atoms with van der Waals surface area (Å²) in [5, 5.41) is 0. The predicted octanol–water partition coefficient (Wildman–Crippen LogP) is 1.80. The van der Waals surface area contributed by atoms with E-state index in [0.717, 1.165) is 5.56 Å². The van der Waals surface area contributed by atoms with Gasteiger partial charge in [-0.15, -0.1) is 0 Å². The summed E-state index contributed by atoms with van der Waals surface area (Å²) in [6.07, 6.45) is 0. The fourth-order valence-electron chi connectivity index (χ4n) is 0.843. The number of hydrogen-bond donors (Lipinski definition) is 0. The molecule has 1 rings (SSSR count). The Morgan fingerprint density at radius 3 is 2.75 bits per heavy atom. The first-order valence-corrected chi connectivity index (χ1v) is 4.45. The molecule has 1 aromatic carbocycles. The maximum Gasteiger partial charge on any atom is 0.189 e. The Morgan fingerprint density at radius 1 is 1.50 bits per heavy atom. The molecule has 0 aliphatic carbocycles. The van der Waals surface area contributed by atoms with Crippen molar-refractivity contribution in [1.82, 2.24) is 0 Å². The highest BCUT2D eigenvalue weighted by atomic mass is 32.2. The molecule has 0 amide bonds. The Kier molecular flexibility index (Phi) is 2.94. The summed E-state index contributed by atoms with van der Waals surface area (Å²) >= 11 is -1.55. The Hall–Kier alpha value is -0.740. The average Bonchev–Trinajstić information content (AvgIpc) is 2.08. The molecule has 0 heterocycles. The van der Waals surface area contributed by atoms with Crippen LogP contribution < -0.4 is 0 Å². The molecule has 1 atom stereocenters. The van der Waals surface area contributed by atoms with Gasteiger partial charge in [-0.05, 0) is 24.6 Å². The average molecular weight is 188 g/mol. The van der Waals surface area contributed by atoms with Gasteiger partial charge in [0.1, 0.15) is 5.82 Å². The van der Waals surface area contributed by atoms with Crippen molar-refractivity contribution in [3.05, 3.63) is 29.6 Å². The van der Waals surface area contributed by atoms with Crippen LogP contribution in [-0.2, 0) is 15.3 Å². The fraction of sp³-hybridized carbons (Fsp3) is 0.250. The normalized spacial score (nSPS) is 12.9. The second-order valence-corrected chi connectivity index (χ2v) is 3.55. The lowest BCUT2D eigenvalue weighted by Crippen LogP contribution is -1.96. The Labute approximate surface area is 73.0 Å². The molecule has 12 heavy (non-hydrogen) atoms. The van der Waals surface area contributed by atoms with E-state index in [1.54, 1.807) is 13.0 Å². The molecule has 0 spiro atoms. The lowest BCUT2D eigenvalue weighted by molar-refractivity contribution is 0.445. The van der Waals surface area contributed by atoms with Crippen molar-refractivity contribution in [3.63, 3.8) is 0 Å². The van der Waals surface area contributed by atoms with E-state index in [0.29, 0.717) is 4.90 Å². The number of benzene rings is 1. The van der Waals surface area contributed by atoms with Crippen LogP contribution in [0.2, 0.25) is 0 Å². The largest absolute Gasteiger partial charge is 0.290 e. The van der Waals surface area contributed by atoms with Crippen LogP contribution in [-0.4, -0.2) is 11.3 Å². The quantitative estimate of drug-likeness (QED) is 0.707. The first-order chi connectivity index (χ1) is 5.65. The third-order valence-electron chi connectivity index (χ3n) is 1.48. The molecule has 0 saturated carbocycles. The summed E-state index contributed by atoms with van der Waals surface area (Å²) in [5.41, 5.74) is 0.761. The van der Waals surface area contributed by atoms with Crippen LogP contribution in [0.1, 0.15) is 5.56 Å². The summed E-state index contributed by atoms with van der Waals surface area (Å²) in [5.74, 6) is -0.402. The molecule has 0 N–H and O–H groups in total. The molecule has 0 saturated heterocycles. The minimum absolute atomic E-state index is 0.387. The molecule has 0 bridgehead atoms. The van der Waals surface area contributed by atoms with Gasteiger partial charge in [0.25, 0.3) is 0 Å². The zero-order chi connectivity index (χ0) is 9.14. The van der Waals surface area contributed by atoms with E-state index in [1.807, 2.05) is 0 Å². The van der Waals surface area contributed by atoms with Crippen LogP contribution in [0.25, 0.3) is 0 Å². The summed E-state index contributed by atoms with van der Waals surface area (Å²) in [6.45, 7) is 1.76. The van der Waals surface area contributed by atoms with Gasteiger partial charge in [-0.1, -0.05) is 6.07 Å². The van der Waals surface area contributed by atoms with E-state index >= 15 is 0 Å². The molecule has 0 aliphatic heterocycles. The number of hydrogen-bond acceptors (Lipinski definition) is 2. The maximum atomic E-state index is 12.7. The molecule has 0 aromatic heterocycles. The van der Waals surface area contributed by atoms with Gasteiger partial charge >= 0.3 is 0 Å². The SMILES string of the molecule is COS(=O)c1cc(F)ccc1C. The second kappa shape index (κ2) is 3.78. The molecule has 0 fully saturated rings. The Morgan fingerprint density at radius 2 is 2.17 bits per heavy atom. The molecule has 0 radical (unpaired) electrons. The lowest BCUT2D eigenvalue weighted by Gasteiger charge is -2.02. The van der Waals surface area contributed by atoms with Crippen LogP contribution in [0.5, 0.6) is 0 Å². The van der Waals surface area contributed by atoms with Gasteiger partial charge in [0, 0.05) is 0 Å². The highest BCUT2D eigenvalue weighted by Crippen LogP contribution is 2.14. The Balaban J connectivity index is 3.13. The van der Waals surface area contributed by atoms with Crippen molar-refractivity contribution in [2.75, 3.05) is 7.11 Å². The summed E-state index contributed by atoms with van der Waals surface area (Å²) < 4.78 is 28.3. The molecular weight excluding hydrogens is 179 g/mol. The minimum Gasteiger partial charge on any atom is -0.290 e. The molecule has 1 aromatic rings. The summed E-state index contributed by atoms with van der Waals surface area (Å²) in [4.78, 5) is 0.387. The van der Waals surface area contributed by atoms with Gasteiger partial charge in [0.2, 0.25) is 0 Å². The Bertz CT molecular complexity index is 312. The van der Waals surface area contributed by atoms with Gasteiger partial charge in [0.15, 0.2) is 11.1 Å². The molecule has 2 nitrogen and oxygen atoms in total. The third-order valence-corrected chi connectivity index (χ3v) is 2.58. The topological polar surface area (TPSA) is 26.3 Å². The van der Waals surface area contributed by atoms with E-state index in [2.05, 4.69) is 4.18 Å². The molecule has 66 valence electrons. The van der Waals surface area contributed by atoms with Crippen molar-refractivity contribution < 1.29 is 12.8 Å². The highest BCUT2D eigenvalue weighted by Gasteiger charge is 2.06. The number of halogens is 1. The van der Waals surface area contributed by atoms with E-state index < -0.39 is 16.9 Å². The zero-order valence-corrected chi connectivity index (χ0v) is 7.65. The number of aryl methyl sites for hydroxylation is 1. The molecule has 4 heteroatoms. The summed E-state index contributed by atoms with van der Waals surface area (Å²) in [6, 6.07) is 4.11. The van der Waals surface area contributed by atoms with Gasteiger partial charge < -0.3 is 0 Å². The predicted molar refractivity (Wildman–Crippen MR) is 44.6 cm³/mol. The fourth-order valence-corrected chi connectivity index (χ4v) is 1.56. The highest BCUT2D eigenvalue weighted by molar-refractivity contribution is 7.80. The van der Waals surface area contributed by atoms with Crippen molar-refractivity contribution in [1.29, 1.82) is 0 Å². The van der Waals surface area contributed by atoms with Crippen molar-refractivity contribution in [3.8, 4) is 0 Å². The smallest absolute Gasteiger partial charge is 0.189 e. The lowest BCUT2D eigenvalue weighted by atomic mass is 10.2. The van der Waals surface area contributed by atoms with Crippen molar-refractivity contribution in [2.45, 2.75) is 11.8 Å². The van der Waals surface area contributed by atoms with Gasteiger partial charge in [-0.25, -0.2) is 8.60 Å². The second-order valence-electron chi connectivity index (χ2n) is 2.31. The van der Waals surface area contributed by atoms with E-state index in [4.69, 9.17) is 0 Å². The van der Waals surface area contributed by atoms with Gasteiger partial charge in [-0.3, -0.25) is 4.18 Å². The summed E-state index contributed by atoms with van der Waals surface area (Å²) in [7, 11) is 1.32. The van der Waals surface area contributed by atoms with Crippen molar-refractivity contribution >= 4 is 11.1 Å². The maximum absolute atomic E-state index is 12.7. The third kappa shape index (κ3) is 1.89. The monoisotopic (exact) mass is 188 g/mol. The zero-order valence-electron chi connectivity index (χ0n) is 6.83. The van der Waals surface area contributed by atoms with Crippen LogP contribution in [0.15, 0.2) is 23.1 Å². The number of rotatable bonds is 2. The first kappa shape index (κ1) is 9.35. The minimum atomic E-state index is -1.55. The van der Waals surface area contributed by atoms with E-state index in [-0.39, 0.29) is 0 Å². The van der Waals surface area contributed by atoms with Gasteiger partial charge in [0.05, 0.1) is 12.0 Å². The van der Waals surface area contributed by atoms with Crippen LogP contribution in [0.4, 0.5) is 4.39 Å². The molecular formula is C8H9FO2S. The first-order valence-electron chi connectivity index (χ1n) is 3.37.